The van der Waals surface area contributed by atoms with Crippen LogP contribution in [-0.2, 0) is 23.8 Å². The Morgan fingerprint density at radius 2 is 1.65 bits per heavy atom. The predicted molar refractivity (Wildman–Crippen MR) is 62.3 cm³/mol. The smallest absolute Gasteiger partial charge is 0.330 e. The highest BCUT2D eigenvalue weighted by atomic mass is 16.6. The van der Waals surface area contributed by atoms with Gasteiger partial charge < -0.3 is 14.2 Å². The Bertz CT molecular complexity index is 285. The summed E-state index contributed by atoms with van der Waals surface area (Å²) >= 11 is 0. The van der Waals surface area contributed by atoms with Crippen LogP contribution in [0.15, 0.2) is 25.3 Å². The highest BCUT2D eigenvalue weighted by Crippen LogP contribution is 1.99. The normalized spacial score (nSPS) is 13.3. The Labute approximate surface area is 101 Å². The average Bonchev–Trinajstić information content (AvgIpc) is 2.32. The van der Waals surface area contributed by atoms with Crippen molar-refractivity contribution in [2.75, 3.05) is 13.2 Å². The van der Waals surface area contributed by atoms with Crippen molar-refractivity contribution in [3.63, 3.8) is 0 Å². The molecular formula is C12H18O5. The number of esters is 2. The van der Waals surface area contributed by atoms with E-state index in [4.69, 9.17) is 14.2 Å². The van der Waals surface area contributed by atoms with Crippen LogP contribution in [0.4, 0.5) is 0 Å². The number of carbonyl (C=O) groups excluding carboxylic acids is 2. The van der Waals surface area contributed by atoms with E-state index in [2.05, 4.69) is 13.2 Å². The maximum atomic E-state index is 10.8. The van der Waals surface area contributed by atoms with Crippen LogP contribution < -0.4 is 0 Å². The Balaban J connectivity index is 3.71. The zero-order valence-corrected chi connectivity index (χ0v) is 10.2. The molecule has 0 aromatic heterocycles. The largest absolute Gasteiger partial charge is 0.460 e. The molecular weight excluding hydrogens is 224 g/mol. The van der Waals surface area contributed by atoms with Crippen LogP contribution in [0.25, 0.3) is 0 Å². The molecule has 0 saturated heterocycles. The summed E-state index contributed by atoms with van der Waals surface area (Å²) in [5.74, 6) is -0.988. The van der Waals surface area contributed by atoms with Gasteiger partial charge in [0.2, 0.25) is 0 Å². The molecule has 2 atom stereocenters. The van der Waals surface area contributed by atoms with Gasteiger partial charge in [0.25, 0.3) is 0 Å². The van der Waals surface area contributed by atoms with Crippen molar-refractivity contribution in [2.45, 2.75) is 26.1 Å². The van der Waals surface area contributed by atoms with Crippen molar-refractivity contribution >= 4 is 11.9 Å². The number of hydrogen-bond donors (Lipinski definition) is 0. The highest BCUT2D eigenvalue weighted by Gasteiger charge is 2.10. The molecule has 0 N–H and O–H groups in total. The third-order valence-corrected chi connectivity index (χ3v) is 1.73. The first-order chi connectivity index (χ1) is 7.99. The maximum absolute atomic E-state index is 10.8. The van der Waals surface area contributed by atoms with E-state index in [1.54, 1.807) is 13.8 Å². The second-order valence-electron chi connectivity index (χ2n) is 3.43. The van der Waals surface area contributed by atoms with E-state index in [0.29, 0.717) is 0 Å². The minimum Gasteiger partial charge on any atom is -0.460 e. The Morgan fingerprint density at radius 1 is 1.06 bits per heavy atom. The number of ether oxygens (including phenoxy) is 3. The Morgan fingerprint density at radius 3 is 2.18 bits per heavy atom. The van der Waals surface area contributed by atoms with Crippen LogP contribution in [0.5, 0.6) is 0 Å². The van der Waals surface area contributed by atoms with Gasteiger partial charge in [-0.3, -0.25) is 0 Å². The summed E-state index contributed by atoms with van der Waals surface area (Å²) < 4.78 is 15.0. The van der Waals surface area contributed by atoms with Crippen LogP contribution in [0.3, 0.4) is 0 Å². The van der Waals surface area contributed by atoms with Crippen molar-refractivity contribution in [3.8, 4) is 0 Å². The molecule has 0 aliphatic carbocycles. The number of hydrogen-bond acceptors (Lipinski definition) is 5. The molecule has 0 aliphatic heterocycles. The van der Waals surface area contributed by atoms with E-state index < -0.39 is 11.9 Å². The summed E-state index contributed by atoms with van der Waals surface area (Å²) in [7, 11) is 0. The first-order valence-electron chi connectivity index (χ1n) is 5.23. The average molecular weight is 242 g/mol. The summed E-state index contributed by atoms with van der Waals surface area (Å²) in [5, 5.41) is 0. The predicted octanol–water partition coefficient (Wildman–Crippen LogP) is 1.24. The minimum atomic E-state index is -0.494. The fraction of sp³-hybridized carbons (Fsp3) is 0.500. The Kier molecular flexibility index (Phi) is 7.71. The van der Waals surface area contributed by atoms with Crippen molar-refractivity contribution in [2.24, 2.45) is 0 Å². The summed E-state index contributed by atoms with van der Waals surface area (Å²) in [5.41, 5.74) is 0. The Hall–Kier alpha value is -1.62. The van der Waals surface area contributed by atoms with Crippen molar-refractivity contribution in [1.29, 1.82) is 0 Å². The van der Waals surface area contributed by atoms with E-state index in [1.165, 1.54) is 0 Å². The molecule has 0 spiro atoms. The number of rotatable bonds is 8. The summed E-state index contributed by atoms with van der Waals surface area (Å²) in [4.78, 5) is 21.6. The van der Waals surface area contributed by atoms with Gasteiger partial charge in [-0.05, 0) is 13.8 Å². The van der Waals surface area contributed by atoms with Crippen molar-refractivity contribution < 1.29 is 23.8 Å². The third kappa shape index (κ3) is 8.21. The van der Waals surface area contributed by atoms with Crippen LogP contribution >= 0.6 is 0 Å². The monoisotopic (exact) mass is 242 g/mol. The molecule has 0 heterocycles. The third-order valence-electron chi connectivity index (χ3n) is 1.73. The summed E-state index contributed by atoms with van der Waals surface area (Å²) in [6.45, 7) is 10.4. The van der Waals surface area contributed by atoms with Crippen LogP contribution in [0, 0.1) is 0 Å². The molecule has 0 saturated carbocycles. The van der Waals surface area contributed by atoms with E-state index in [1.807, 2.05) is 0 Å². The van der Waals surface area contributed by atoms with E-state index in [9.17, 15) is 9.59 Å². The zero-order chi connectivity index (χ0) is 13.3. The molecule has 0 fully saturated rings. The van der Waals surface area contributed by atoms with Gasteiger partial charge in [-0.15, -0.1) is 0 Å². The van der Waals surface area contributed by atoms with Gasteiger partial charge in [-0.2, -0.15) is 0 Å². The second-order valence-corrected chi connectivity index (χ2v) is 3.43. The molecule has 0 aromatic carbocycles. The summed E-state index contributed by atoms with van der Waals surface area (Å²) in [6.07, 6.45) is 1.52. The lowest BCUT2D eigenvalue weighted by atomic mass is 10.4. The number of carbonyl (C=O) groups is 2. The molecule has 0 bridgehead atoms. The van der Waals surface area contributed by atoms with E-state index in [0.717, 1.165) is 12.2 Å². The molecule has 0 radical (unpaired) electrons. The molecule has 0 aromatic rings. The van der Waals surface area contributed by atoms with Crippen molar-refractivity contribution in [1.82, 2.24) is 0 Å². The van der Waals surface area contributed by atoms with Gasteiger partial charge in [-0.25, -0.2) is 9.59 Å². The minimum absolute atomic E-state index is 0.132. The van der Waals surface area contributed by atoms with Crippen LogP contribution in [0.1, 0.15) is 13.8 Å². The highest BCUT2D eigenvalue weighted by molar-refractivity contribution is 5.81. The second kappa shape index (κ2) is 8.52. The zero-order valence-electron chi connectivity index (χ0n) is 10.2. The quantitative estimate of drug-likeness (QED) is 0.473. The lowest BCUT2D eigenvalue weighted by Crippen LogP contribution is -2.25. The fourth-order valence-electron chi connectivity index (χ4n) is 0.887. The van der Waals surface area contributed by atoms with Gasteiger partial charge in [-0.1, -0.05) is 13.2 Å². The lowest BCUT2D eigenvalue weighted by Gasteiger charge is -2.16. The fourth-order valence-corrected chi connectivity index (χ4v) is 0.887. The lowest BCUT2D eigenvalue weighted by molar-refractivity contribution is -0.148. The molecule has 5 nitrogen and oxygen atoms in total. The van der Waals surface area contributed by atoms with Gasteiger partial charge >= 0.3 is 11.9 Å². The van der Waals surface area contributed by atoms with Gasteiger partial charge in [0.05, 0.1) is 12.7 Å². The van der Waals surface area contributed by atoms with E-state index in [-0.39, 0.29) is 25.4 Å². The molecule has 96 valence electrons. The topological polar surface area (TPSA) is 61.8 Å². The molecule has 0 aliphatic rings. The van der Waals surface area contributed by atoms with Gasteiger partial charge in [0.1, 0.15) is 12.7 Å². The molecule has 5 heteroatoms. The molecule has 17 heavy (non-hydrogen) atoms. The van der Waals surface area contributed by atoms with E-state index >= 15 is 0 Å². The van der Waals surface area contributed by atoms with Crippen LogP contribution in [-0.4, -0.2) is 37.4 Å². The molecule has 0 rings (SSSR count). The molecule has 0 amide bonds. The van der Waals surface area contributed by atoms with Gasteiger partial charge in [0.15, 0.2) is 0 Å². The van der Waals surface area contributed by atoms with Crippen LogP contribution in [0.2, 0.25) is 0 Å². The van der Waals surface area contributed by atoms with Gasteiger partial charge in [0, 0.05) is 12.2 Å². The molecule has 0 unspecified atom stereocenters. The first kappa shape index (κ1) is 15.4. The first-order valence-corrected chi connectivity index (χ1v) is 5.23. The summed E-state index contributed by atoms with van der Waals surface area (Å²) in [6, 6.07) is 0. The standard InChI is InChI=1S/C12H18O5/c1-5-11(13)16-7-9(3)15-8-10(4)17-12(14)6-2/h5-6,9-10H,1-2,7-8H2,3-4H3/t9-,10+/m1/s1. The SMILES string of the molecule is C=CC(=O)OC[C@@H](C)OC[C@H](C)OC(=O)C=C. The van der Waals surface area contributed by atoms with Crippen molar-refractivity contribution in [3.05, 3.63) is 25.3 Å². The maximum Gasteiger partial charge on any atom is 0.330 e.